The van der Waals surface area contributed by atoms with Gasteiger partial charge in [0.25, 0.3) is 5.91 Å². The van der Waals surface area contributed by atoms with Gasteiger partial charge in [-0.25, -0.2) is 0 Å². The molecule has 0 aliphatic carbocycles. The lowest BCUT2D eigenvalue weighted by atomic mass is 10.2. The van der Waals surface area contributed by atoms with E-state index in [2.05, 4.69) is 36.4 Å². The molecule has 1 amide bonds. The number of aromatic nitrogens is 1. The monoisotopic (exact) mass is 293 g/mol. The molecule has 0 aliphatic heterocycles. The lowest BCUT2D eigenvalue weighted by Crippen LogP contribution is -2.38. The van der Waals surface area contributed by atoms with E-state index in [0.717, 1.165) is 25.2 Å². The number of nitrogens with one attached hydrogen (secondary N) is 2. The lowest BCUT2D eigenvalue weighted by Gasteiger charge is -2.15. The Morgan fingerprint density at radius 2 is 2.10 bits per heavy atom. The van der Waals surface area contributed by atoms with Crippen LogP contribution in [0.2, 0.25) is 0 Å². The number of ether oxygens (including phenoxy) is 1. The van der Waals surface area contributed by atoms with Gasteiger partial charge in [-0.3, -0.25) is 9.78 Å². The van der Waals surface area contributed by atoms with Crippen molar-refractivity contribution in [2.24, 2.45) is 5.92 Å². The Hall–Kier alpha value is -1.62. The highest BCUT2D eigenvalue weighted by atomic mass is 16.5. The quantitative estimate of drug-likeness (QED) is 0.685. The third-order valence-electron chi connectivity index (χ3n) is 2.90. The van der Waals surface area contributed by atoms with Crippen molar-refractivity contribution in [3.05, 3.63) is 24.0 Å². The zero-order chi connectivity index (χ0) is 15.7. The smallest absolute Gasteiger partial charge is 0.260 e. The first kappa shape index (κ1) is 17.4. The van der Waals surface area contributed by atoms with Crippen molar-refractivity contribution in [2.75, 3.05) is 13.1 Å². The minimum atomic E-state index is -0.519. The van der Waals surface area contributed by atoms with Crippen LogP contribution in [0.25, 0.3) is 0 Å². The minimum absolute atomic E-state index is 0.0996. The Bertz CT molecular complexity index is 418. The van der Waals surface area contributed by atoms with E-state index in [0.29, 0.717) is 18.2 Å². The second-order valence-electron chi connectivity index (χ2n) is 5.56. The van der Waals surface area contributed by atoms with Crippen LogP contribution in [0.3, 0.4) is 0 Å². The molecule has 1 aromatic rings. The second kappa shape index (κ2) is 9.34. The number of hydrogen-bond acceptors (Lipinski definition) is 4. The molecule has 0 saturated heterocycles. The summed E-state index contributed by atoms with van der Waals surface area (Å²) < 4.78 is 5.59. The summed E-state index contributed by atoms with van der Waals surface area (Å²) in [5.74, 6) is 0.941. The molecule has 0 aromatic carbocycles. The number of nitrogens with zero attached hydrogens (tertiary/aromatic N) is 1. The number of rotatable bonds is 9. The normalized spacial score (nSPS) is 12.2. The zero-order valence-electron chi connectivity index (χ0n) is 13.5. The first-order valence-electron chi connectivity index (χ1n) is 7.63. The number of amides is 1. The number of carbonyl (C=O) groups is 1. The topological polar surface area (TPSA) is 63.2 Å². The fourth-order valence-electron chi connectivity index (χ4n) is 1.68. The molecule has 1 unspecified atom stereocenters. The Kier molecular flexibility index (Phi) is 7.75. The van der Waals surface area contributed by atoms with Crippen LogP contribution in [0.1, 0.15) is 39.8 Å². The van der Waals surface area contributed by atoms with Crippen molar-refractivity contribution >= 4 is 5.91 Å². The van der Waals surface area contributed by atoms with E-state index in [4.69, 9.17) is 4.74 Å². The minimum Gasteiger partial charge on any atom is -0.479 e. The summed E-state index contributed by atoms with van der Waals surface area (Å²) in [5.41, 5.74) is 0.965. The molecule has 21 heavy (non-hydrogen) atoms. The summed E-state index contributed by atoms with van der Waals surface area (Å²) in [7, 11) is 0. The van der Waals surface area contributed by atoms with E-state index in [-0.39, 0.29) is 5.91 Å². The summed E-state index contributed by atoms with van der Waals surface area (Å²) in [6.07, 6.45) is 2.24. The molecular weight excluding hydrogens is 266 g/mol. The van der Waals surface area contributed by atoms with Crippen LogP contribution in [0.4, 0.5) is 0 Å². The molecule has 0 radical (unpaired) electrons. The zero-order valence-corrected chi connectivity index (χ0v) is 13.5. The van der Waals surface area contributed by atoms with Gasteiger partial charge in [0.1, 0.15) is 5.75 Å². The maximum absolute atomic E-state index is 11.8. The van der Waals surface area contributed by atoms with Gasteiger partial charge in [-0.1, -0.05) is 20.8 Å². The summed E-state index contributed by atoms with van der Waals surface area (Å²) in [6, 6.07) is 3.76. The van der Waals surface area contributed by atoms with Crippen LogP contribution in [0.5, 0.6) is 5.75 Å². The van der Waals surface area contributed by atoms with Crippen LogP contribution in [-0.4, -0.2) is 30.1 Å². The predicted octanol–water partition coefficient (Wildman–Crippen LogP) is 2.12. The average molecular weight is 293 g/mol. The Balaban J connectivity index is 2.41. The van der Waals surface area contributed by atoms with Crippen molar-refractivity contribution in [3.63, 3.8) is 0 Å². The summed E-state index contributed by atoms with van der Waals surface area (Å²) >= 11 is 0. The molecule has 0 fully saturated rings. The SMILES string of the molecule is CCCNCc1ccc(OC(C)C(=O)NCC(C)C)cn1. The van der Waals surface area contributed by atoms with E-state index in [1.54, 1.807) is 13.1 Å². The highest BCUT2D eigenvalue weighted by Crippen LogP contribution is 2.11. The van der Waals surface area contributed by atoms with E-state index < -0.39 is 6.10 Å². The number of hydrogen-bond donors (Lipinski definition) is 2. The van der Waals surface area contributed by atoms with E-state index in [1.807, 2.05) is 12.1 Å². The standard InChI is InChI=1S/C16H27N3O2/c1-5-8-17-10-14-6-7-15(11-18-14)21-13(4)16(20)19-9-12(2)3/h6-7,11-13,17H,5,8-10H2,1-4H3,(H,19,20). The first-order chi connectivity index (χ1) is 10.0. The summed E-state index contributed by atoms with van der Waals surface area (Å²) in [4.78, 5) is 16.1. The van der Waals surface area contributed by atoms with Crippen LogP contribution in [0.15, 0.2) is 18.3 Å². The Morgan fingerprint density at radius 1 is 1.33 bits per heavy atom. The van der Waals surface area contributed by atoms with Gasteiger partial charge in [-0.15, -0.1) is 0 Å². The first-order valence-corrected chi connectivity index (χ1v) is 7.63. The van der Waals surface area contributed by atoms with Crippen LogP contribution in [0, 0.1) is 5.92 Å². The maximum Gasteiger partial charge on any atom is 0.260 e. The maximum atomic E-state index is 11.8. The summed E-state index contributed by atoms with van der Waals surface area (Å²) in [6.45, 7) is 10.4. The van der Waals surface area contributed by atoms with Gasteiger partial charge in [-0.2, -0.15) is 0 Å². The van der Waals surface area contributed by atoms with Crippen LogP contribution in [-0.2, 0) is 11.3 Å². The van der Waals surface area contributed by atoms with Crippen molar-refractivity contribution in [1.82, 2.24) is 15.6 Å². The van der Waals surface area contributed by atoms with Gasteiger partial charge in [-0.05, 0) is 37.9 Å². The summed E-state index contributed by atoms with van der Waals surface area (Å²) in [5, 5.41) is 6.14. The van der Waals surface area contributed by atoms with Gasteiger partial charge < -0.3 is 15.4 Å². The Morgan fingerprint density at radius 3 is 2.67 bits per heavy atom. The predicted molar refractivity (Wildman–Crippen MR) is 84.2 cm³/mol. The fourth-order valence-corrected chi connectivity index (χ4v) is 1.68. The van der Waals surface area contributed by atoms with E-state index in [1.165, 1.54) is 0 Å². The fraction of sp³-hybridized carbons (Fsp3) is 0.625. The Labute approximate surface area is 127 Å². The van der Waals surface area contributed by atoms with Gasteiger partial charge in [0.2, 0.25) is 0 Å². The molecule has 0 bridgehead atoms. The molecule has 0 saturated carbocycles. The molecule has 5 nitrogen and oxygen atoms in total. The average Bonchev–Trinajstić information content (AvgIpc) is 2.46. The highest BCUT2D eigenvalue weighted by molar-refractivity contribution is 5.80. The molecule has 5 heteroatoms. The molecule has 0 spiro atoms. The van der Waals surface area contributed by atoms with E-state index in [9.17, 15) is 4.79 Å². The van der Waals surface area contributed by atoms with Crippen molar-refractivity contribution in [2.45, 2.75) is 46.8 Å². The van der Waals surface area contributed by atoms with Crippen molar-refractivity contribution in [1.29, 1.82) is 0 Å². The molecule has 1 heterocycles. The number of pyridine rings is 1. The van der Waals surface area contributed by atoms with Gasteiger partial charge in [0.05, 0.1) is 11.9 Å². The van der Waals surface area contributed by atoms with Gasteiger partial charge in [0.15, 0.2) is 6.10 Å². The van der Waals surface area contributed by atoms with Gasteiger partial charge in [0, 0.05) is 13.1 Å². The van der Waals surface area contributed by atoms with Crippen LogP contribution < -0.4 is 15.4 Å². The highest BCUT2D eigenvalue weighted by Gasteiger charge is 2.14. The third-order valence-corrected chi connectivity index (χ3v) is 2.90. The van der Waals surface area contributed by atoms with Crippen LogP contribution >= 0.6 is 0 Å². The van der Waals surface area contributed by atoms with Crippen molar-refractivity contribution < 1.29 is 9.53 Å². The molecule has 1 atom stereocenters. The largest absolute Gasteiger partial charge is 0.479 e. The van der Waals surface area contributed by atoms with Gasteiger partial charge >= 0.3 is 0 Å². The molecule has 1 rings (SSSR count). The lowest BCUT2D eigenvalue weighted by molar-refractivity contribution is -0.127. The molecule has 0 aliphatic rings. The molecule has 2 N–H and O–H groups in total. The molecular formula is C16H27N3O2. The van der Waals surface area contributed by atoms with E-state index >= 15 is 0 Å². The molecule has 1 aromatic heterocycles. The number of carbonyl (C=O) groups excluding carboxylic acids is 1. The second-order valence-corrected chi connectivity index (χ2v) is 5.56. The third kappa shape index (κ3) is 7.09. The molecule has 118 valence electrons. The van der Waals surface area contributed by atoms with Crippen molar-refractivity contribution in [3.8, 4) is 5.75 Å².